The summed E-state index contributed by atoms with van der Waals surface area (Å²) in [6.45, 7) is 2.05. The molecule has 2 N–H and O–H groups in total. The van der Waals surface area contributed by atoms with Crippen molar-refractivity contribution in [1.29, 1.82) is 0 Å². The lowest BCUT2D eigenvalue weighted by Gasteiger charge is -2.18. The molecule has 1 aromatic carbocycles. The molecule has 0 heterocycles. The van der Waals surface area contributed by atoms with Crippen LogP contribution in [-0.2, 0) is 10.0 Å². The zero-order valence-corrected chi connectivity index (χ0v) is 12.3. The highest BCUT2D eigenvalue weighted by molar-refractivity contribution is 7.89. The maximum absolute atomic E-state index is 13.6. The van der Waals surface area contributed by atoms with Gasteiger partial charge in [-0.1, -0.05) is 12.5 Å². The molecule has 112 valence electrons. The number of halogens is 1. The summed E-state index contributed by atoms with van der Waals surface area (Å²) in [6.07, 6.45) is 2.81. The van der Waals surface area contributed by atoms with Crippen LogP contribution >= 0.6 is 0 Å². The van der Waals surface area contributed by atoms with Gasteiger partial charge in [-0.2, -0.15) is 0 Å². The molecule has 2 atom stereocenters. The molecule has 0 saturated heterocycles. The molecule has 1 fully saturated rings. The van der Waals surface area contributed by atoms with E-state index in [0.717, 1.165) is 25.3 Å². The fourth-order valence-corrected chi connectivity index (χ4v) is 3.99. The first-order valence-corrected chi connectivity index (χ1v) is 8.29. The van der Waals surface area contributed by atoms with Crippen LogP contribution in [0.5, 0.6) is 0 Å². The Hall–Kier alpha value is -0.980. The monoisotopic (exact) mass is 301 g/mol. The van der Waals surface area contributed by atoms with Crippen molar-refractivity contribution in [2.24, 2.45) is 11.8 Å². The van der Waals surface area contributed by atoms with Crippen molar-refractivity contribution in [1.82, 2.24) is 4.72 Å². The molecular weight excluding hydrogens is 281 g/mol. The topological polar surface area (TPSA) is 66.4 Å². The van der Waals surface area contributed by atoms with E-state index < -0.39 is 15.8 Å². The van der Waals surface area contributed by atoms with Gasteiger partial charge < -0.3 is 5.11 Å². The third-order valence-electron chi connectivity index (χ3n) is 3.96. The number of rotatable bonds is 5. The van der Waals surface area contributed by atoms with Crippen molar-refractivity contribution >= 4 is 10.0 Å². The van der Waals surface area contributed by atoms with Crippen LogP contribution in [0, 0.1) is 24.6 Å². The van der Waals surface area contributed by atoms with Crippen LogP contribution < -0.4 is 4.72 Å². The van der Waals surface area contributed by atoms with E-state index in [0.29, 0.717) is 5.56 Å². The van der Waals surface area contributed by atoms with Crippen molar-refractivity contribution in [3.05, 3.63) is 29.6 Å². The van der Waals surface area contributed by atoms with E-state index in [2.05, 4.69) is 4.72 Å². The van der Waals surface area contributed by atoms with E-state index in [-0.39, 0.29) is 29.9 Å². The highest BCUT2D eigenvalue weighted by atomic mass is 32.2. The molecule has 0 bridgehead atoms. The molecule has 0 radical (unpaired) electrons. The number of aliphatic hydroxyl groups is 1. The Kier molecular flexibility index (Phi) is 4.78. The molecule has 2 unspecified atom stereocenters. The Morgan fingerprint density at radius 1 is 1.35 bits per heavy atom. The molecule has 20 heavy (non-hydrogen) atoms. The largest absolute Gasteiger partial charge is 0.396 e. The molecule has 4 nitrogen and oxygen atoms in total. The zero-order valence-electron chi connectivity index (χ0n) is 11.5. The predicted molar refractivity (Wildman–Crippen MR) is 74.2 cm³/mol. The minimum atomic E-state index is -3.84. The van der Waals surface area contributed by atoms with Gasteiger partial charge in [0.15, 0.2) is 0 Å². The summed E-state index contributed by atoms with van der Waals surface area (Å²) in [4.78, 5) is -0.309. The molecule has 0 amide bonds. The Morgan fingerprint density at radius 2 is 2.05 bits per heavy atom. The molecule has 1 aliphatic carbocycles. The van der Waals surface area contributed by atoms with Crippen LogP contribution in [0.25, 0.3) is 0 Å². The van der Waals surface area contributed by atoms with E-state index >= 15 is 0 Å². The lowest BCUT2D eigenvalue weighted by atomic mass is 9.97. The molecule has 1 aliphatic rings. The summed E-state index contributed by atoms with van der Waals surface area (Å²) < 4.78 is 40.4. The summed E-state index contributed by atoms with van der Waals surface area (Å²) >= 11 is 0. The van der Waals surface area contributed by atoms with Crippen LogP contribution in [0.4, 0.5) is 4.39 Å². The van der Waals surface area contributed by atoms with Gasteiger partial charge in [0.2, 0.25) is 10.0 Å². The third kappa shape index (κ3) is 3.37. The first-order valence-electron chi connectivity index (χ1n) is 6.80. The van der Waals surface area contributed by atoms with E-state index in [1.807, 2.05) is 0 Å². The average molecular weight is 301 g/mol. The lowest BCUT2D eigenvalue weighted by Crippen LogP contribution is -2.32. The fourth-order valence-electron chi connectivity index (χ4n) is 2.73. The van der Waals surface area contributed by atoms with Crippen LogP contribution in [-0.4, -0.2) is 26.7 Å². The second-order valence-corrected chi connectivity index (χ2v) is 7.15. The van der Waals surface area contributed by atoms with Gasteiger partial charge in [0.05, 0.1) is 0 Å². The summed E-state index contributed by atoms with van der Waals surface area (Å²) in [5, 5.41) is 9.23. The Morgan fingerprint density at radius 3 is 2.75 bits per heavy atom. The molecule has 1 saturated carbocycles. The Bertz CT molecular complexity index is 574. The zero-order chi connectivity index (χ0) is 14.8. The summed E-state index contributed by atoms with van der Waals surface area (Å²) in [7, 11) is -3.84. The third-order valence-corrected chi connectivity index (χ3v) is 5.40. The van der Waals surface area contributed by atoms with Gasteiger partial charge in [-0.3, -0.25) is 0 Å². The smallest absolute Gasteiger partial charge is 0.243 e. The van der Waals surface area contributed by atoms with Crippen molar-refractivity contribution in [2.75, 3.05) is 13.2 Å². The fraction of sp³-hybridized carbons (Fsp3) is 0.571. The summed E-state index contributed by atoms with van der Waals surface area (Å²) in [5.41, 5.74) is 0.695. The van der Waals surface area contributed by atoms with Crippen molar-refractivity contribution in [3.63, 3.8) is 0 Å². The number of aryl methyl sites for hydroxylation is 1. The lowest BCUT2D eigenvalue weighted by molar-refractivity contribution is 0.195. The SMILES string of the molecule is Cc1ccc(F)c(S(=O)(=O)NCC2CCCC2CO)c1. The number of nitrogens with one attached hydrogen (secondary N) is 1. The normalized spacial score (nSPS) is 23.1. The van der Waals surface area contributed by atoms with E-state index in [9.17, 15) is 17.9 Å². The minimum Gasteiger partial charge on any atom is -0.396 e. The highest BCUT2D eigenvalue weighted by Gasteiger charge is 2.28. The maximum atomic E-state index is 13.6. The van der Waals surface area contributed by atoms with Crippen molar-refractivity contribution < 1.29 is 17.9 Å². The second-order valence-electron chi connectivity index (χ2n) is 5.42. The highest BCUT2D eigenvalue weighted by Crippen LogP contribution is 2.31. The molecule has 0 spiro atoms. The van der Waals surface area contributed by atoms with Gasteiger partial charge in [-0.15, -0.1) is 0 Å². The van der Waals surface area contributed by atoms with Crippen LogP contribution in [0.1, 0.15) is 24.8 Å². The van der Waals surface area contributed by atoms with E-state index in [4.69, 9.17) is 0 Å². The minimum absolute atomic E-state index is 0.0746. The van der Waals surface area contributed by atoms with Gasteiger partial charge in [-0.25, -0.2) is 17.5 Å². The summed E-state index contributed by atoms with van der Waals surface area (Å²) in [5.74, 6) is -0.476. The Labute approximate surface area is 119 Å². The summed E-state index contributed by atoms with van der Waals surface area (Å²) in [6, 6.07) is 4.03. The number of hydrogen-bond acceptors (Lipinski definition) is 3. The second kappa shape index (κ2) is 6.20. The van der Waals surface area contributed by atoms with Gasteiger partial charge in [0.25, 0.3) is 0 Å². The molecular formula is C14H20FNO3S. The number of aliphatic hydroxyl groups excluding tert-OH is 1. The van der Waals surface area contributed by atoms with Gasteiger partial charge in [-0.05, 0) is 49.3 Å². The molecule has 6 heteroatoms. The number of benzene rings is 1. The maximum Gasteiger partial charge on any atom is 0.243 e. The van der Waals surface area contributed by atoms with Crippen molar-refractivity contribution in [2.45, 2.75) is 31.1 Å². The van der Waals surface area contributed by atoms with Crippen molar-refractivity contribution in [3.8, 4) is 0 Å². The average Bonchev–Trinajstić information content (AvgIpc) is 2.86. The van der Waals surface area contributed by atoms with Crippen LogP contribution in [0.3, 0.4) is 0 Å². The number of hydrogen-bond donors (Lipinski definition) is 2. The van der Waals surface area contributed by atoms with Crippen LogP contribution in [0.2, 0.25) is 0 Å². The van der Waals surface area contributed by atoms with Gasteiger partial charge in [0, 0.05) is 13.2 Å². The molecule has 2 rings (SSSR count). The van der Waals surface area contributed by atoms with Gasteiger partial charge >= 0.3 is 0 Å². The standard InChI is InChI=1S/C14H20FNO3S/c1-10-5-6-13(15)14(7-10)20(18,19)16-8-11-3-2-4-12(11)9-17/h5-7,11-12,16-17H,2-4,8-9H2,1H3. The predicted octanol–water partition coefficient (Wildman–Crippen LogP) is 1.82. The quantitative estimate of drug-likeness (QED) is 0.872. The first-order chi connectivity index (χ1) is 9.44. The van der Waals surface area contributed by atoms with Crippen LogP contribution in [0.15, 0.2) is 23.1 Å². The molecule has 0 aromatic heterocycles. The molecule has 1 aromatic rings. The number of sulfonamides is 1. The molecule has 0 aliphatic heterocycles. The first kappa shape index (κ1) is 15.4. The van der Waals surface area contributed by atoms with E-state index in [1.165, 1.54) is 12.1 Å². The van der Waals surface area contributed by atoms with E-state index in [1.54, 1.807) is 6.92 Å². The van der Waals surface area contributed by atoms with Gasteiger partial charge in [0.1, 0.15) is 10.7 Å². The Balaban J connectivity index is 2.09.